The second-order valence-electron chi connectivity index (χ2n) is 9.91. The first-order chi connectivity index (χ1) is 16.4. The zero-order chi connectivity index (χ0) is 24.6. The maximum Gasteiger partial charge on any atom is 0.0649 e. The molecule has 2 fully saturated rings. The van der Waals surface area contributed by atoms with Crippen molar-refractivity contribution in [1.82, 2.24) is 10.6 Å². The van der Waals surface area contributed by atoms with Gasteiger partial charge in [0.1, 0.15) is 0 Å². The molecule has 0 aliphatic heterocycles. The van der Waals surface area contributed by atoms with Gasteiger partial charge in [0, 0.05) is 34.0 Å². The Bertz CT molecular complexity index is 795. The molecule has 34 heavy (non-hydrogen) atoms. The molecule has 0 saturated heterocycles. The molecule has 0 aromatic heterocycles. The van der Waals surface area contributed by atoms with Gasteiger partial charge in [0.25, 0.3) is 0 Å². The van der Waals surface area contributed by atoms with E-state index >= 15 is 0 Å². The van der Waals surface area contributed by atoms with Crippen LogP contribution in [0.4, 0.5) is 0 Å². The van der Waals surface area contributed by atoms with E-state index in [9.17, 15) is 10.2 Å². The molecule has 0 unspecified atom stereocenters. The van der Waals surface area contributed by atoms with Crippen LogP contribution in [0.5, 0.6) is 0 Å². The molecule has 0 amide bonds. The Morgan fingerprint density at radius 1 is 0.676 bits per heavy atom. The summed E-state index contributed by atoms with van der Waals surface area (Å²) in [5.41, 5.74) is 2.11. The molecule has 2 aliphatic rings. The topological polar surface area (TPSA) is 64.5 Å². The molecule has 6 heteroatoms. The third-order valence-electron chi connectivity index (χ3n) is 7.80. The minimum atomic E-state index is -0.259. The first kappa shape index (κ1) is 27.4. The molecular weight excluding hydrogens is 467 g/mol. The third-order valence-corrected chi connectivity index (χ3v) is 8.30. The van der Waals surface area contributed by atoms with Gasteiger partial charge in [-0.25, -0.2) is 0 Å². The second kappa shape index (κ2) is 12.7. The Balaban J connectivity index is 0.000000191. The lowest BCUT2D eigenvalue weighted by Gasteiger charge is -2.42. The Morgan fingerprint density at radius 2 is 1.03 bits per heavy atom. The number of hydrogen-bond donors (Lipinski definition) is 4. The van der Waals surface area contributed by atoms with Crippen LogP contribution in [-0.4, -0.2) is 49.6 Å². The van der Waals surface area contributed by atoms with E-state index in [4.69, 9.17) is 23.2 Å². The number of benzene rings is 2. The number of rotatable bonds is 6. The average Bonchev–Trinajstić information content (AvgIpc) is 2.84. The summed E-state index contributed by atoms with van der Waals surface area (Å²) in [6.07, 6.45) is 7.96. The number of hydrogen-bond acceptors (Lipinski definition) is 4. The van der Waals surface area contributed by atoms with Crippen molar-refractivity contribution in [3.05, 3.63) is 69.7 Å². The number of likely N-dealkylation sites (N-methyl/N-ethyl adjacent to an activating group) is 2. The van der Waals surface area contributed by atoms with Gasteiger partial charge in [-0.2, -0.15) is 0 Å². The molecule has 0 heterocycles. The molecule has 2 aliphatic carbocycles. The fourth-order valence-electron chi connectivity index (χ4n) is 5.93. The van der Waals surface area contributed by atoms with Crippen molar-refractivity contribution >= 4 is 23.2 Å². The molecule has 4 atom stereocenters. The highest BCUT2D eigenvalue weighted by Gasteiger charge is 2.41. The van der Waals surface area contributed by atoms with Crippen LogP contribution in [0.2, 0.25) is 10.0 Å². The molecule has 2 saturated carbocycles. The Labute approximate surface area is 215 Å². The zero-order valence-corrected chi connectivity index (χ0v) is 22.0. The van der Waals surface area contributed by atoms with Gasteiger partial charge in [-0.05, 0) is 75.2 Å². The third kappa shape index (κ3) is 6.16. The first-order valence-corrected chi connectivity index (χ1v) is 13.3. The Morgan fingerprint density at radius 3 is 1.32 bits per heavy atom. The van der Waals surface area contributed by atoms with Crippen LogP contribution in [0.15, 0.2) is 48.5 Å². The monoisotopic (exact) mass is 506 g/mol. The number of halogens is 2. The lowest BCUT2D eigenvalue weighted by molar-refractivity contribution is 0.0423. The van der Waals surface area contributed by atoms with Gasteiger partial charge >= 0.3 is 0 Å². The fourth-order valence-corrected chi connectivity index (χ4v) is 6.18. The molecule has 2 aromatic rings. The van der Waals surface area contributed by atoms with Gasteiger partial charge in [-0.15, -0.1) is 0 Å². The van der Waals surface area contributed by atoms with E-state index < -0.39 is 0 Å². The summed E-state index contributed by atoms with van der Waals surface area (Å²) in [6, 6.07) is 15.8. The first-order valence-electron chi connectivity index (χ1n) is 12.6. The summed E-state index contributed by atoms with van der Waals surface area (Å²) in [5.74, 6) is 0. The molecule has 4 rings (SSSR count). The van der Waals surface area contributed by atoms with Crippen molar-refractivity contribution in [1.29, 1.82) is 0 Å². The molecule has 0 bridgehead atoms. The molecular formula is C28H40Cl2N2O2. The largest absolute Gasteiger partial charge is 0.392 e. The molecule has 2 aromatic carbocycles. The highest BCUT2D eigenvalue weighted by Crippen LogP contribution is 2.40. The second-order valence-corrected chi connectivity index (χ2v) is 10.8. The van der Waals surface area contributed by atoms with Gasteiger partial charge in [0.2, 0.25) is 0 Å². The molecule has 0 radical (unpaired) electrons. The molecule has 4 nitrogen and oxygen atoms in total. The number of nitrogens with one attached hydrogen (secondary N) is 2. The van der Waals surface area contributed by atoms with E-state index in [1.165, 1.54) is 24.0 Å². The standard InChI is InChI=1S/2C14H20ClNO/c2*1-16-10-14(9-3-2-4-13(14)17)11-5-7-12(15)8-6-11/h2*5-8,13,16-17H,2-4,9-10H2,1H3/t2*13-,14-/m10/s1. The summed E-state index contributed by atoms with van der Waals surface area (Å²) in [7, 11) is 3.89. The average molecular weight is 508 g/mol. The van der Waals surface area contributed by atoms with Gasteiger partial charge in [-0.1, -0.05) is 73.2 Å². The van der Waals surface area contributed by atoms with E-state index in [0.29, 0.717) is 0 Å². The van der Waals surface area contributed by atoms with Gasteiger partial charge < -0.3 is 20.8 Å². The minimum Gasteiger partial charge on any atom is -0.392 e. The van der Waals surface area contributed by atoms with Crippen LogP contribution < -0.4 is 10.6 Å². The lowest BCUT2D eigenvalue weighted by atomic mass is 9.67. The number of aliphatic hydroxyl groups excluding tert-OH is 2. The summed E-state index contributed by atoms with van der Waals surface area (Å²) in [4.78, 5) is 0. The maximum atomic E-state index is 10.4. The predicted octanol–water partition coefficient (Wildman–Crippen LogP) is 5.46. The van der Waals surface area contributed by atoms with Gasteiger partial charge in [-0.3, -0.25) is 0 Å². The van der Waals surface area contributed by atoms with Crippen molar-refractivity contribution in [2.24, 2.45) is 0 Å². The summed E-state index contributed by atoms with van der Waals surface area (Å²) in [5, 5.41) is 28.8. The molecule has 4 N–H and O–H groups in total. The minimum absolute atomic E-state index is 0.141. The van der Waals surface area contributed by atoms with E-state index in [-0.39, 0.29) is 23.0 Å². The lowest BCUT2D eigenvalue weighted by Crippen LogP contribution is -2.48. The Kier molecular flexibility index (Phi) is 10.3. The Hall–Kier alpha value is -1.14. The van der Waals surface area contributed by atoms with Crippen molar-refractivity contribution in [3.8, 4) is 0 Å². The molecule has 0 spiro atoms. The van der Waals surface area contributed by atoms with Crippen LogP contribution >= 0.6 is 23.2 Å². The SMILES string of the molecule is CNC[C@@]1(c2ccc(Cl)cc2)CCCC[C@H]1O.CNC[C@]1(c2ccc(Cl)cc2)CCCC[C@@H]1O. The highest BCUT2D eigenvalue weighted by molar-refractivity contribution is 6.30. The van der Waals surface area contributed by atoms with E-state index in [0.717, 1.165) is 61.7 Å². The van der Waals surface area contributed by atoms with E-state index in [1.54, 1.807) is 0 Å². The predicted molar refractivity (Wildman–Crippen MR) is 143 cm³/mol. The highest BCUT2D eigenvalue weighted by atomic mass is 35.5. The van der Waals surface area contributed by atoms with Crippen LogP contribution in [0, 0.1) is 0 Å². The van der Waals surface area contributed by atoms with Crippen molar-refractivity contribution in [2.45, 2.75) is 74.4 Å². The zero-order valence-electron chi connectivity index (χ0n) is 20.5. The maximum absolute atomic E-state index is 10.4. The quantitative estimate of drug-likeness (QED) is 0.419. The fraction of sp³-hybridized carbons (Fsp3) is 0.571. The summed E-state index contributed by atoms with van der Waals surface area (Å²) < 4.78 is 0. The summed E-state index contributed by atoms with van der Waals surface area (Å²) in [6.45, 7) is 1.63. The van der Waals surface area contributed by atoms with Crippen LogP contribution in [0.3, 0.4) is 0 Å². The van der Waals surface area contributed by atoms with Crippen LogP contribution in [0.1, 0.15) is 62.5 Å². The smallest absolute Gasteiger partial charge is 0.0649 e. The van der Waals surface area contributed by atoms with Gasteiger partial charge in [0.05, 0.1) is 12.2 Å². The molecule has 188 valence electrons. The van der Waals surface area contributed by atoms with Crippen molar-refractivity contribution in [2.75, 3.05) is 27.2 Å². The van der Waals surface area contributed by atoms with Crippen LogP contribution in [-0.2, 0) is 10.8 Å². The van der Waals surface area contributed by atoms with Crippen LogP contribution in [0.25, 0.3) is 0 Å². The van der Waals surface area contributed by atoms with E-state index in [1.807, 2.05) is 62.6 Å². The van der Waals surface area contributed by atoms with Crippen molar-refractivity contribution < 1.29 is 10.2 Å². The van der Waals surface area contributed by atoms with E-state index in [2.05, 4.69) is 10.6 Å². The number of aliphatic hydroxyl groups is 2. The van der Waals surface area contributed by atoms with Gasteiger partial charge in [0.15, 0.2) is 0 Å². The normalized spacial score (nSPS) is 29.2. The summed E-state index contributed by atoms with van der Waals surface area (Å²) >= 11 is 11.9. The van der Waals surface area contributed by atoms with Crippen molar-refractivity contribution in [3.63, 3.8) is 0 Å².